The molecule has 0 aromatic carbocycles. The summed E-state index contributed by atoms with van der Waals surface area (Å²) < 4.78 is 4.86. The highest BCUT2D eigenvalue weighted by Gasteiger charge is 1.70. The molecule has 36 valence electrons. The van der Waals surface area contributed by atoms with E-state index in [1.165, 1.54) is 0 Å². The fraction of sp³-hybridized carbons (Fsp3) is 0. The van der Waals surface area contributed by atoms with Crippen molar-refractivity contribution in [1.29, 1.82) is 0 Å². The van der Waals surface area contributed by atoms with Gasteiger partial charge in [0.2, 0.25) is 0 Å². The van der Waals surface area contributed by atoms with Crippen LogP contribution in [0.15, 0.2) is 24.1 Å². The number of rotatable bonds is 0. The van der Waals surface area contributed by atoms with E-state index in [4.69, 9.17) is 4.74 Å². The summed E-state index contributed by atoms with van der Waals surface area (Å²) in [6.45, 7) is 0. The van der Waals surface area contributed by atoms with E-state index in [0.29, 0.717) is 9.13 Å². The maximum Gasteiger partial charge on any atom is 0.0894 e. The minimum Gasteiger partial charge on any atom is -0.478 e. The fourth-order valence-corrected chi connectivity index (χ4v) is 0.884. The van der Waals surface area contributed by atoms with Gasteiger partial charge in [-0.1, -0.05) is 11.8 Å². The first-order chi connectivity index (χ1) is 3.50. The largest absolute Gasteiger partial charge is 0.478 e. The van der Waals surface area contributed by atoms with E-state index in [0.717, 1.165) is 0 Å². The molecule has 1 heterocycles. The van der Waals surface area contributed by atoms with Crippen molar-refractivity contribution in [2.45, 2.75) is 0 Å². The van der Waals surface area contributed by atoms with E-state index < -0.39 is 0 Å². The summed E-state index contributed by atoms with van der Waals surface area (Å²) in [7, 11) is 0.294. The van der Waals surface area contributed by atoms with Crippen LogP contribution in [0.3, 0.4) is 0 Å². The van der Waals surface area contributed by atoms with Crippen LogP contribution in [-0.4, -0.2) is 15.0 Å². The fourth-order valence-electron chi connectivity index (χ4n) is 0.355. The SMILES string of the molecule is C1=COC=[SiH]C=C1. The van der Waals surface area contributed by atoms with Gasteiger partial charge in [-0.2, -0.15) is 0 Å². The molecule has 0 aromatic rings. The quantitative estimate of drug-likeness (QED) is 0.406. The van der Waals surface area contributed by atoms with E-state index in [9.17, 15) is 0 Å². The van der Waals surface area contributed by atoms with Gasteiger partial charge in [-0.15, -0.1) is 0 Å². The van der Waals surface area contributed by atoms with Crippen molar-refractivity contribution in [1.82, 2.24) is 0 Å². The predicted octanol–water partition coefficient (Wildman–Crippen LogP) is 0.240. The Morgan fingerprint density at radius 1 is 1.29 bits per heavy atom. The summed E-state index contributed by atoms with van der Waals surface area (Å²) in [6.07, 6.45) is 5.56. The maximum atomic E-state index is 4.86. The van der Waals surface area contributed by atoms with Gasteiger partial charge >= 0.3 is 0 Å². The Balaban J connectivity index is 2.60. The molecule has 1 aliphatic rings. The average Bonchev–Trinajstić information content (AvgIpc) is 1.90. The molecular formula is C5H6OSi. The Morgan fingerprint density at radius 2 is 2.29 bits per heavy atom. The molecule has 0 spiro atoms. The second kappa shape index (κ2) is 2.52. The van der Waals surface area contributed by atoms with Crippen molar-refractivity contribution in [3.63, 3.8) is 0 Å². The van der Waals surface area contributed by atoms with Crippen molar-refractivity contribution < 1.29 is 4.74 Å². The highest BCUT2D eigenvalue weighted by Crippen LogP contribution is 1.78. The Kier molecular flexibility index (Phi) is 1.63. The molecule has 0 radical (unpaired) electrons. The predicted molar refractivity (Wildman–Crippen MR) is 32.6 cm³/mol. The molecule has 0 aliphatic carbocycles. The van der Waals surface area contributed by atoms with E-state index >= 15 is 0 Å². The normalized spacial score (nSPS) is 16.0. The first-order valence-corrected chi connectivity index (χ1v) is 3.47. The minimum absolute atomic E-state index is 0.294. The molecule has 0 unspecified atom stereocenters. The Labute approximate surface area is 44.7 Å². The van der Waals surface area contributed by atoms with Gasteiger partial charge in [-0.05, 0) is 6.08 Å². The first-order valence-electron chi connectivity index (χ1n) is 2.14. The number of ether oxygens (including phenoxy) is 1. The number of allylic oxidation sites excluding steroid dienone is 2. The molecular weight excluding hydrogens is 104 g/mol. The monoisotopic (exact) mass is 110 g/mol. The Hall–Kier alpha value is -0.633. The van der Waals surface area contributed by atoms with Crippen LogP contribution in [0.1, 0.15) is 0 Å². The number of hydrogen-bond acceptors (Lipinski definition) is 1. The summed E-state index contributed by atoms with van der Waals surface area (Å²) in [5.41, 5.74) is 2.11. The van der Waals surface area contributed by atoms with Gasteiger partial charge in [-0.25, -0.2) is 0 Å². The van der Waals surface area contributed by atoms with E-state index in [1.807, 2.05) is 18.0 Å². The zero-order chi connectivity index (χ0) is 4.95. The molecule has 0 amide bonds. The molecule has 0 saturated carbocycles. The molecule has 1 aliphatic heterocycles. The van der Waals surface area contributed by atoms with Crippen molar-refractivity contribution in [3.8, 4) is 0 Å². The minimum atomic E-state index is 0.294. The van der Waals surface area contributed by atoms with Crippen LogP contribution in [0.4, 0.5) is 0 Å². The summed E-state index contributed by atoms with van der Waals surface area (Å²) in [5, 5.41) is 0. The lowest BCUT2D eigenvalue weighted by Crippen LogP contribution is -1.77. The zero-order valence-corrected chi connectivity index (χ0v) is 5.03. The summed E-state index contributed by atoms with van der Waals surface area (Å²) in [4.78, 5) is 0. The van der Waals surface area contributed by atoms with Crippen LogP contribution in [0.5, 0.6) is 0 Å². The molecule has 0 aromatic heterocycles. The third kappa shape index (κ3) is 1.50. The second-order valence-electron chi connectivity index (χ2n) is 1.18. The van der Waals surface area contributed by atoms with Crippen LogP contribution in [-0.2, 0) is 4.74 Å². The summed E-state index contributed by atoms with van der Waals surface area (Å²) in [5.74, 6) is 1.83. The molecule has 0 N–H and O–H groups in total. The van der Waals surface area contributed by atoms with Gasteiger partial charge in [0.1, 0.15) is 0 Å². The molecule has 1 rings (SSSR count). The van der Waals surface area contributed by atoms with Crippen molar-refractivity contribution >= 4 is 15.0 Å². The van der Waals surface area contributed by atoms with Gasteiger partial charge in [0.05, 0.1) is 21.3 Å². The third-order valence-electron chi connectivity index (χ3n) is 0.648. The second-order valence-corrected chi connectivity index (χ2v) is 2.22. The molecule has 2 heteroatoms. The summed E-state index contributed by atoms with van der Waals surface area (Å²) >= 11 is 0. The van der Waals surface area contributed by atoms with E-state index in [2.05, 4.69) is 5.70 Å². The molecule has 0 bridgehead atoms. The Bertz CT molecular complexity index is 110. The van der Waals surface area contributed by atoms with Gasteiger partial charge in [0, 0.05) is 0 Å². The van der Waals surface area contributed by atoms with Crippen LogP contribution >= 0.6 is 0 Å². The van der Waals surface area contributed by atoms with Crippen LogP contribution in [0.25, 0.3) is 0 Å². The number of hydrogen-bond donors (Lipinski definition) is 0. The maximum absolute atomic E-state index is 4.86. The van der Waals surface area contributed by atoms with E-state index in [1.54, 1.807) is 6.26 Å². The molecule has 0 saturated heterocycles. The van der Waals surface area contributed by atoms with Gasteiger partial charge in [-0.3, -0.25) is 0 Å². The standard InChI is InChI=1S/C5H6OSi/c1-2-4-7-5-6-3-1/h1-5,7H. The van der Waals surface area contributed by atoms with Gasteiger partial charge < -0.3 is 4.74 Å². The van der Waals surface area contributed by atoms with Crippen molar-refractivity contribution in [2.75, 3.05) is 0 Å². The summed E-state index contributed by atoms with van der Waals surface area (Å²) in [6, 6.07) is 0. The molecule has 0 fully saturated rings. The van der Waals surface area contributed by atoms with Crippen molar-refractivity contribution in [2.24, 2.45) is 0 Å². The smallest absolute Gasteiger partial charge is 0.0894 e. The lowest BCUT2D eigenvalue weighted by molar-refractivity contribution is 0.504. The van der Waals surface area contributed by atoms with E-state index in [-0.39, 0.29) is 0 Å². The highest BCUT2D eigenvalue weighted by atomic mass is 28.2. The van der Waals surface area contributed by atoms with Crippen LogP contribution in [0, 0.1) is 0 Å². The first kappa shape index (κ1) is 4.52. The van der Waals surface area contributed by atoms with Crippen LogP contribution < -0.4 is 0 Å². The molecule has 1 nitrogen and oxygen atoms in total. The highest BCUT2D eigenvalue weighted by molar-refractivity contribution is 6.50. The average molecular weight is 110 g/mol. The van der Waals surface area contributed by atoms with Gasteiger partial charge in [0.25, 0.3) is 0 Å². The lowest BCUT2D eigenvalue weighted by Gasteiger charge is -1.80. The van der Waals surface area contributed by atoms with Gasteiger partial charge in [0.15, 0.2) is 0 Å². The lowest BCUT2D eigenvalue weighted by atomic mass is 10.6. The van der Waals surface area contributed by atoms with Crippen molar-refractivity contribution in [3.05, 3.63) is 24.1 Å². The topological polar surface area (TPSA) is 9.23 Å². The molecule has 0 atom stereocenters. The third-order valence-corrected chi connectivity index (χ3v) is 1.41. The Morgan fingerprint density at radius 3 is 3.29 bits per heavy atom. The molecule has 7 heavy (non-hydrogen) atoms. The van der Waals surface area contributed by atoms with Crippen LogP contribution in [0.2, 0.25) is 0 Å². The zero-order valence-electron chi connectivity index (χ0n) is 3.87.